The van der Waals surface area contributed by atoms with Crippen molar-refractivity contribution >= 4 is 17.8 Å². The number of aliphatic hydroxyl groups excluding tert-OH is 1. The van der Waals surface area contributed by atoms with Gasteiger partial charge in [0.15, 0.2) is 0 Å². The summed E-state index contributed by atoms with van der Waals surface area (Å²) in [6.45, 7) is 1.80. The summed E-state index contributed by atoms with van der Waals surface area (Å²) in [4.78, 5) is 22.2. The maximum atomic E-state index is 11.3. The number of aliphatic hydroxyl groups is 1. The van der Waals surface area contributed by atoms with Crippen molar-refractivity contribution in [2.45, 2.75) is 6.92 Å². The van der Waals surface area contributed by atoms with Gasteiger partial charge in [0.05, 0.1) is 6.61 Å². The summed E-state index contributed by atoms with van der Waals surface area (Å²) in [5.74, 6) is -0.947. The molecular formula is C12H13NO4. The topological polar surface area (TPSA) is 75.6 Å². The number of alkyl carbamates (subject to hydrolysis) is 1. The van der Waals surface area contributed by atoms with Crippen molar-refractivity contribution in [1.29, 1.82) is 0 Å². The number of nitrogens with one attached hydrogen (secondary N) is 1. The molecule has 0 aliphatic rings. The normalized spacial score (nSPS) is 10.8. The minimum atomic E-state index is -0.838. The molecule has 0 saturated heterocycles. The molecule has 5 nitrogen and oxygen atoms in total. The van der Waals surface area contributed by atoms with Crippen molar-refractivity contribution in [3.63, 3.8) is 0 Å². The maximum Gasteiger partial charge on any atom is 0.414 e. The highest BCUT2D eigenvalue weighted by Gasteiger charge is 2.07. The van der Waals surface area contributed by atoms with E-state index in [0.717, 1.165) is 6.08 Å². The molecular weight excluding hydrogens is 222 g/mol. The fourth-order valence-electron chi connectivity index (χ4n) is 1.12. The Morgan fingerprint density at radius 2 is 2.00 bits per heavy atom. The fourth-order valence-corrected chi connectivity index (χ4v) is 1.12. The number of amides is 2. The summed E-state index contributed by atoms with van der Waals surface area (Å²) in [5.41, 5.74) is 0.492. The van der Waals surface area contributed by atoms with Crippen LogP contribution in [0.5, 0.6) is 0 Å². The Hall–Kier alpha value is -2.30. The van der Waals surface area contributed by atoms with E-state index in [1.54, 1.807) is 37.3 Å². The Morgan fingerprint density at radius 1 is 1.35 bits per heavy atom. The second kappa shape index (κ2) is 6.32. The lowest BCUT2D eigenvalue weighted by molar-refractivity contribution is -0.115. The molecule has 2 amide bonds. The molecule has 1 aromatic carbocycles. The SMILES string of the molecule is CCOC(=O)NC(=O)C=C(O)c1ccccc1. The predicted octanol–water partition coefficient (Wildman–Crippen LogP) is 1.86. The zero-order valence-electron chi connectivity index (χ0n) is 9.34. The molecule has 2 N–H and O–H groups in total. The Kier molecular flexibility index (Phi) is 4.75. The van der Waals surface area contributed by atoms with Gasteiger partial charge in [0.25, 0.3) is 5.91 Å². The highest BCUT2D eigenvalue weighted by Crippen LogP contribution is 2.09. The summed E-state index contributed by atoms with van der Waals surface area (Å²) >= 11 is 0. The Bertz CT molecular complexity index is 425. The van der Waals surface area contributed by atoms with Gasteiger partial charge in [-0.25, -0.2) is 4.79 Å². The Balaban J connectivity index is 2.63. The van der Waals surface area contributed by atoms with E-state index in [9.17, 15) is 14.7 Å². The number of carbonyl (C=O) groups excluding carboxylic acids is 2. The molecule has 0 bridgehead atoms. The third-order valence-corrected chi connectivity index (χ3v) is 1.84. The van der Waals surface area contributed by atoms with Crippen molar-refractivity contribution in [1.82, 2.24) is 5.32 Å². The number of imide groups is 1. The van der Waals surface area contributed by atoms with E-state index < -0.39 is 12.0 Å². The van der Waals surface area contributed by atoms with Crippen LogP contribution in [0.15, 0.2) is 36.4 Å². The lowest BCUT2D eigenvalue weighted by Crippen LogP contribution is -2.29. The fraction of sp³-hybridized carbons (Fsp3) is 0.167. The van der Waals surface area contributed by atoms with E-state index >= 15 is 0 Å². The van der Waals surface area contributed by atoms with E-state index in [1.165, 1.54) is 0 Å². The van der Waals surface area contributed by atoms with Crippen LogP contribution in [0.25, 0.3) is 5.76 Å². The number of hydrogen-bond donors (Lipinski definition) is 2. The second-order valence-corrected chi connectivity index (χ2v) is 3.11. The average molecular weight is 235 g/mol. The van der Waals surface area contributed by atoms with E-state index in [2.05, 4.69) is 4.74 Å². The van der Waals surface area contributed by atoms with Crippen LogP contribution < -0.4 is 5.32 Å². The van der Waals surface area contributed by atoms with E-state index in [-0.39, 0.29) is 12.4 Å². The van der Waals surface area contributed by atoms with Crippen LogP contribution >= 0.6 is 0 Å². The summed E-state index contributed by atoms with van der Waals surface area (Å²) in [7, 11) is 0. The molecule has 0 atom stereocenters. The average Bonchev–Trinajstić information content (AvgIpc) is 2.30. The number of rotatable bonds is 3. The number of benzene rings is 1. The van der Waals surface area contributed by atoms with Crippen molar-refractivity contribution in [3.05, 3.63) is 42.0 Å². The summed E-state index contributed by atoms with van der Waals surface area (Å²) in [6.07, 6.45) is 0.0845. The summed E-state index contributed by atoms with van der Waals surface area (Å²) < 4.78 is 4.52. The lowest BCUT2D eigenvalue weighted by Gasteiger charge is -2.02. The van der Waals surface area contributed by atoms with Crippen molar-refractivity contribution in [3.8, 4) is 0 Å². The molecule has 0 aliphatic carbocycles. The lowest BCUT2D eigenvalue weighted by atomic mass is 10.2. The third kappa shape index (κ3) is 4.38. The first-order valence-corrected chi connectivity index (χ1v) is 5.07. The molecule has 90 valence electrons. The van der Waals surface area contributed by atoms with Gasteiger partial charge in [-0.2, -0.15) is 0 Å². The van der Waals surface area contributed by atoms with Gasteiger partial charge in [-0.05, 0) is 6.92 Å². The largest absolute Gasteiger partial charge is 0.507 e. The van der Waals surface area contributed by atoms with Gasteiger partial charge in [0.2, 0.25) is 0 Å². The van der Waals surface area contributed by atoms with Gasteiger partial charge in [-0.3, -0.25) is 10.1 Å². The molecule has 0 aromatic heterocycles. The first-order chi connectivity index (χ1) is 8.13. The number of hydrogen-bond acceptors (Lipinski definition) is 4. The minimum Gasteiger partial charge on any atom is -0.507 e. The molecule has 1 aromatic rings. The highest BCUT2D eigenvalue weighted by molar-refractivity contribution is 6.01. The van der Waals surface area contributed by atoms with E-state index in [0.29, 0.717) is 5.56 Å². The van der Waals surface area contributed by atoms with Crippen molar-refractivity contribution in [2.24, 2.45) is 0 Å². The van der Waals surface area contributed by atoms with Gasteiger partial charge in [0.1, 0.15) is 5.76 Å². The standard InChI is InChI=1S/C12H13NO4/c1-2-17-12(16)13-11(15)8-10(14)9-6-4-3-5-7-9/h3-8,14H,2H2,1H3,(H,13,15,16). The Morgan fingerprint density at radius 3 is 2.59 bits per heavy atom. The van der Waals surface area contributed by atoms with Crippen molar-refractivity contribution in [2.75, 3.05) is 6.61 Å². The predicted molar refractivity (Wildman–Crippen MR) is 62.2 cm³/mol. The van der Waals surface area contributed by atoms with Crippen LogP contribution in [0, 0.1) is 0 Å². The summed E-state index contributed by atoms with van der Waals surface area (Å²) in [5, 5.41) is 11.5. The van der Waals surface area contributed by atoms with E-state index in [1.807, 2.05) is 5.32 Å². The van der Waals surface area contributed by atoms with Crippen LogP contribution in [-0.4, -0.2) is 23.7 Å². The van der Waals surface area contributed by atoms with Crippen LogP contribution in [0.4, 0.5) is 4.79 Å². The van der Waals surface area contributed by atoms with Crippen LogP contribution in [0.1, 0.15) is 12.5 Å². The monoisotopic (exact) mass is 235 g/mol. The van der Waals surface area contributed by atoms with Crippen LogP contribution in [0.3, 0.4) is 0 Å². The molecule has 0 heterocycles. The molecule has 0 aliphatic heterocycles. The zero-order valence-corrected chi connectivity index (χ0v) is 9.34. The molecule has 1 rings (SSSR count). The van der Waals surface area contributed by atoms with Gasteiger partial charge >= 0.3 is 6.09 Å². The smallest absolute Gasteiger partial charge is 0.414 e. The van der Waals surface area contributed by atoms with Crippen LogP contribution in [-0.2, 0) is 9.53 Å². The molecule has 17 heavy (non-hydrogen) atoms. The van der Waals surface area contributed by atoms with Gasteiger partial charge in [-0.1, -0.05) is 30.3 Å². The van der Waals surface area contributed by atoms with Gasteiger partial charge < -0.3 is 9.84 Å². The molecule has 0 radical (unpaired) electrons. The van der Waals surface area contributed by atoms with Gasteiger partial charge in [-0.15, -0.1) is 0 Å². The third-order valence-electron chi connectivity index (χ3n) is 1.84. The molecule has 0 fully saturated rings. The van der Waals surface area contributed by atoms with E-state index in [4.69, 9.17) is 0 Å². The molecule has 0 spiro atoms. The van der Waals surface area contributed by atoms with Gasteiger partial charge in [0, 0.05) is 11.6 Å². The Labute approximate surface area is 98.7 Å². The number of carbonyl (C=O) groups is 2. The molecule has 0 unspecified atom stereocenters. The highest BCUT2D eigenvalue weighted by atomic mass is 16.5. The van der Waals surface area contributed by atoms with Crippen LogP contribution in [0.2, 0.25) is 0 Å². The first-order valence-electron chi connectivity index (χ1n) is 5.07. The summed E-state index contributed by atoms with van der Waals surface area (Å²) in [6, 6.07) is 8.52. The quantitative estimate of drug-likeness (QED) is 0.619. The second-order valence-electron chi connectivity index (χ2n) is 3.11. The zero-order chi connectivity index (χ0) is 12.7. The molecule has 0 saturated carbocycles. The number of ether oxygens (including phenoxy) is 1. The van der Waals surface area contributed by atoms with Crippen molar-refractivity contribution < 1.29 is 19.4 Å². The first kappa shape index (κ1) is 12.8. The molecule has 5 heteroatoms. The maximum absolute atomic E-state index is 11.3. The minimum absolute atomic E-state index is 0.174.